The highest BCUT2D eigenvalue weighted by molar-refractivity contribution is 7.99. The summed E-state index contributed by atoms with van der Waals surface area (Å²) in [5.41, 5.74) is 5.33. The molecule has 0 aromatic carbocycles. The van der Waals surface area contributed by atoms with Crippen molar-refractivity contribution in [3.05, 3.63) is 18.6 Å². The van der Waals surface area contributed by atoms with Gasteiger partial charge in [-0.1, -0.05) is 6.92 Å². The molecule has 0 fully saturated rings. The molecule has 0 amide bonds. The zero-order chi connectivity index (χ0) is 9.68. The molecule has 4 nitrogen and oxygen atoms in total. The number of hydrogen-bond acceptors (Lipinski definition) is 4. The Morgan fingerprint density at radius 3 is 3.00 bits per heavy atom. The summed E-state index contributed by atoms with van der Waals surface area (Å²) in [5.74, 6) is 1.08. The highest BCUT2D eigenvalue weighted by Crippen LogP contribution is 2.16. The smallest absolute Gasteiger partial charge is 0.114 e. The summed E-state index contributed by atoms with van der Waals surface area (Å²) in [7, 11) is 0. The third-order valence-electron chi connectivity index (χ3n) is 1.55. The van der Waals surface area contributed by atoms with Crippen LogP contribution in [0.25, 0.3) is 0 Å². The Balaban J connectivity index is 2.39. The average molecular weight is 196 g/mol. The van der Waals surface area contributed by atoms with E-state index in [9.17, 15) is 0 Å². The molecule has 0 aliphatic rings. The molecule has 1 unspecified atom stereocenters. The fourth-order valence-electron chi connectivity index (χ4n) is 0.660. The van der Waals surface area contributed by atoms with Gasteiger partial charge in [0.1, 0.15) is 5.03 Å². The van der Waals surface area contributed by atoms with Crippen LogP contribution in [0, 0.1) is 11.3 Å². The summed E-state index contributed by atoms with van der Waals surface area (Å²) in [6, 6.07) is 0. The molecule has 0 bridgehead atoms. The summed E-state index contributed by atoms with van der Waals surface area (Å²) in [4.78, 5) is 8.04. The van der Waals surface area contributed by atoms with E-state index in [-0.39, 0.29) is 11.8 Å². The first-order valence-electron chi connectivity index (χ1n) is 3.93. The van der Waals surface area contributed by atoms with Crippen LogP contribution in [0.3, 0.4) is 0 Å². The van der Waals surface area contributed by atoms with Crippen LogP contribution in [0.15, 0.2) is 23.6 Å². The number of nitrogens with two attached hydrogens (primary N) is 1. The highest BCUT2D eigenvalue weighted by atomic mass is 32.2. The Hall–Kier alpha value is -1.10. The van der Waals surface area contributed by atoms with Gasteiger partial charge in [-0.3, -0.25) is 10.4 Å². The van der Waals surface area contributed by atoms with Crippen LogP contribution in [0.5, 0.6) is 0 Å². The zero-order valence-corrected chi connectivity index (χ0v) is 8.21. The second-order valence-corrected chi connectivity index (χ2v) is 3.75. The molecule has 1 aromatic rings. The lowest BCUT2D eigenvalue weighted by Crippen LogP contribution is -2.21. The summed E-state index contributed by atoms with van der Waals surface area (Å²) >= 11 is 1.56. The maximum absolute atomic E-state index is 7.19. The molecule has 0 radical (unpaired) electrons. The maximum atomic E-state index is 7.19. The number of aromatic nitrogens is 2. The monoisotopic (exact) mass is 196 g/mol. The molecule has 1 atom stereocenters. The van der Waals surface area contributed by atoms with E-state index in [1.54, 1.807) is 30.4 Å². The lowest BCUT2D eigenvalue weighted by Gasteiger charge is -2.07. The fraction of sp³-hybridized carbons (Fsp3) is 0.375. The van der Waals surface area contributed by atoms with Gasteiger partial charge in [0.2, 0.25) is 0 Å². The molecule has 1 heterocycles. The standard InChI is InChI=1S/C8H12N4S/c1-6(8(9)10)5-13-7-4-11-2-3-12-7/h2-4,6H,5H2,1H3,(H3,9,10). The molecule has 0 saturated carbocycles. The van der Waals surface area contributed by atoms with Crippen LogP contribution in [-0.4, -0.2) is 21.6 Å². The second-order valence-electron chi connectivity index (χ2n) is 2.71. The minimum Gasteiger partial charge on any atom is -0.387 e. The summed E-state index contributed by atoms with van der Waals surface area (Å²) in [5, 5.41) is 8.07. The van der Waals surface area contributed by atoms with Gasteiger partial charge in [0.05, 0.1) is 12.0 Å². The zero-order valence-electron chi connectivity index (χ0n) is 7.40. The van der Waals surface area contributed by atoms with Crippen molar-refractivity contribution in [2.24, 2.45) is 11.7 Å². The third-order valence-corrected chi connectivity index (χ3v) is 2.72. The quantitative estimate of drug-likeness (QED) is 0.430. The van der Waals surface area contributed by atoms with Crippen LogP contribution in [0.4, 0.5) is 0 Å². The molecule has 0 aliphatic carbocycles. The van der Waals surface area contributed by atoms with E-state index in [0.29, 0.717) is 0 Å². The van der Waals surface area contributed by atoms with E-state index in [1.807, 2.05) is 6.92 Å². The molecule has 3 N–H and O–H groups in total. The lowest BCUT2D eigenvalue weighted by molar-refractivity contribution is 0.876. The number of nitrogens with zero attached hydrogens (tertiary/aromatic N) is 2. The van der Waals surface area contributed by atoms with Gasteiger partial charge in [-0.05, 0) is 0 Å². The predicted octanol–water partition coefficient (Wildman–Crippen LogP) is 1.14. The van der Waals surface area contributed by atoms with Crippen molar-refractivity contribution in [3.8, 4) is 0 Å². The minimum absolute atomic E-state index is 0.0898. The first-order valence-corrected chi connectivity index (χ1v) is 4.91. The van der Waals surface area contributed by atoms with Crippen LogP contribution >= 0.6 is 11.8 Å². The molecule has 1 aromatic heterocycles. The van der Waals surface area contributed by atoms with E-state index < -0.39 is 0 Å². The Morgan fingerprint density at radius 2 is 2.46 bits per heavy atom. The minimum atomic E-state index is 0.0898. The third kappa shape index (κ3) is 3.42. The predicted molar refractivity (Wildman–Crippen MR) is 53.8 cm³/mol. The van der Waals surface area contributed by atoms with Gasteiger partial charge >= 0.3 is 0 Å². The Morgan fingerprint density at radius 1 is 1.69 bits per heavy atom. The molecule has 70 valence electrons. The number of nitrogens with one attached hydrogen (secondary N) is 1. The van der Waals surface area contributed by atoms with E-state index in [4.69, 9.17) is 11.1 Å². The highest BCUT2D eigenvalue weighted by Gasteiger charge is 2.05. The summed E-state index contributed by atoms with van der Waals surface area (Å²) in [6.07, 6.45) is 5.00. The molecule has 1 rings (SSSR count). The van der Waals surface area contributed by atoms with Crippen molar-refractivity contribution in [2.45, 2.75) is 11.9 Å². The van der Waals surface area contributed by atoms with Gasteiger partial charge in [-0.2, -0.15) is 0 Å². The molecule has 13 heavy (non-hydrogen) atoms. The second kappa shape index (κ2) is 4.81. The maximum Gasteiger partial charge on any atom is 0.114 e. The van der Waals surface area contributed by atoms with Gasteiger partial charge in [0.25, 0.3) is 0 Å². The topological polar surface area (TPSA) is 75.7 Å². The van der Waals surface area contributed by atoms with Gasteiger partial charge < -0.3 is 5.73 Å². The van der Waals surface area contributed by atoms with E-state index in [2.05, 4.69) is 9.97 Å². The van der Waals surface area contributed by atoms with Gasteiger partial charge in [-0.15, -0.1) is 11.8 Å². The van der Waals surface area contributed by atoms with Gasteiger partial charge in [0.15, 0.2) is 0 Å². The van der Waals surface area contributed by atoms with E-state index in [1.165, 1.54) is 0 Å². The largest absolute Gasteiger partial charge is 0.387 e. The first-order chi connectivity index (χ1) is 6.20. The lowest BCUT2D eigenvalue weighted by atomic mass is 10.2. The van der Waals surface area contributed by atoms with Crippen LogP contribution in [-0.2, 0) is 0 Å². The molecule has 0 saturated heterocycles. The molecule has 0 spiro atoms. The van der Waals surface area contributed by atoms with Crippen molar-refractivity contribution in [1.29, 1.82) is 5.41 Å². The summed E-state index contributed by atoms with van der Waals surface area (Å²) < 4.78 is 0. The van der Waals surface area contributed by atoms with Gasteiger partial charge in [0, 0.05) is 24.1 Å². The Kier molecular flexibility index (Phi) is 3.70. The van der Waals surface area contributed by atoms with Crippen molar-refractivity contribution in [3.63, 3.8) is 0 Å². The molecular weight excluding hydrogens is 184 g/mol. The normalized spacial score (nSPS) is 12.4. The number of rotatable bonds is 4. The van der Waals surface area contributed by atoms with Crippen molar-refractivity contribution < 1.29 is 0 Å². The van der Waals surface area contributed by atoms with Crippen molar-refractivity contribution >= 4 is 17.6 Å². The first kappa shape index (κ1) is 9.98. The molecule has 0 aliphatic heterocycles. The van der Waals surface area contributed by atoms with Crippen LogP contribution in [0.2, 0.25) is 0 Å². The number of hydrogen-bond donors (Lipinski definition) is 2. The number of thioether (sulfide) groups is 1. The van der Waals surface area contributed by atoms with Crippen LogP contribution < -0.4 is 5.73 Å². The molecular formula is C8H12N4S. The summed E-state index contributed by atoms with van der Waals surface area (Å²) in [6.45, 7) is 1.92. The van der Waals surface area contributed by atoms with Gasteiger partial charge in [-0.25, -0.2) is 4.98 Å². The fourth-order valence-corrected chi connectivity index (χ4v) is 1.53. The van der Waals surface area contributed by atoms with Crippen LogP contribution in [0.1, 0.15) is 6.92 Å². The van der Waals surface area contributed by atoms with Crippen molar-refractivity contribution in [1.82, 2.24) is 9.97 Å². The SMILES string of the molecule is CC(CSc1cnccn1)C(=N)N. The van der Waals surface area contributed by atoms with E-state index in [0.717, 1.165) is 10.8 Å². The number of amidine groups is 1. The Labute approximate surface area is 81.5 Å². The Bertz CT molecular complexity index is 275. The molecule has 5 heteroatoms. The average Bonchev–Trinajstić information content (AvgIpc) is 2.15. The van der Waals surface area contributed by atoms with E-state index >= 15 is 0 Å². The van der Waals surface area contributed by atoms with Crippen molar-refractivity contribution in [2.75, 3.05) is 5.75 Å².